The quantitative estimate of drug-likeness (QED) is 0.184. The third-order valence-electron chi connectivity index (χ3n) is 3.27. The van der Waals surface area contributed by atoms with E-state index in [9.17, 15) is 19.7 Å². The number of hydrogen-bond donors (Lipinski definition) is 2. The molecule has 11 nitrogen and oxygen atoms in total. The van der Waals surface area contributed by atoms with Crippen molar-refractivity contribution < 1.29 is 14.5 Å². The van der Waals surface area contributed by atoms with Crippen molar-refractivity contribution in [2.24, 2.45) is 0 Å². The van der Waals surface area contributed by atoms with Crippen molar-refractivity contribution >= 4 is 85.6 Å². The summed E-state index contributed by atoms with van der Waals surface area (Å²) in [5.74, 6) is -0.113. The molecule has 0 unspecified atom stereocenters. The summed E-state index contributed by atoms with van der Waals surface area (Å²) in [5.41, 5.74) is -0.575. The highest BCUT2D eigenvalue weighted by Gasteiger charge is 2.22. The Morgan fingerprint density at radius 1 is 1.10 bits per heavy atom. The summed E-state index contributed by atoms with van der Waals surface area (Å²) in [6, 6.07) is 3.68. The molecule has 0 aliphatic heterocycles. The van der Waals surface area contributed by atoms with E-state index in [-0.39, 0.29) is 33.1 Å². The van der Waals surface area contributed by atoms with Gasteiger partial charge in [0.15, 0.2) is 8.68 Å². The minimum Gasteiger partial charge on any atom is -0.300 e. The Labute approximate surface area is 196 Å². The number of nitrogens with one attached hydrogen (secondary N) is 2. The summed E-state index contributed by atoms with van der Waals surface area (Å²) in [6.45, 7) is 2.00. The number of amides is 2. The molecular formula is C15H12ClN7O4S4. The fraction of sp³-hybridized carbons (Fsp3) is 0.200. The van der Waals surface area contributed by atoms with Gasteiger partial charge in [-0.25, -0.2) is 0 Å². The molecule has 162 valence electrons. The van der Waals surface area contributed by atoms with Crippen molar-refractivity contribution in [3.63, 3.8) is 0 Å². The topological polar surface area (TPSA) is 153 Å². The number of halogens is 1. The molecule has 0 radical (unpaired) electrons. The lowest BCUT2D eigenvalue weighted by atomic mass is 10.1. The Bertz CT molecular complexity index is 1120. The van der Waals surface area contributed by atoms with E-state index in [2.05, 4.69) is 31.0 Å². The van der Waals surface area contributed by atoms with Crippen LogP contribution in [-0.4, -0.2) is 48.6 Å². The molecule has 1 aromatic carbocycles. The first-order chi connectivity index (χ1) is 14.9. The van der Waals surface area contributed by atoms with E-state index in [1.807, 2.05) is 6.92 Å². The smallest absolute Gasteiger partial charge is 0.282 e. The lowest BCUT2D eigenvalue weighted by Crippen LogP contribution is -2.13. The standard InChI is InChI=1S/C15H12ClN7O4S4/c1-2-28-14-21-19-12(30-14)17-10(24)6-29-15-22-20-13(31-15)18-11(25)8-5-7(16)3-4-9(8)23(26)27/h3-5H,2,6H2,1H3,(H,17,19,24)(H,18,20,25). The minimum absolute atomic E-state index is 0.0537. The van der Waals surface area contributed by atoms with Crippen molar-refractivity contribution in [3.05, 3.63) is 38.9 Å². The highest BCUT2D eigenvalue weighted by molar-refractivity contribution is 8.01. The molecule has 2 aromatic heterocycles. The van der Waals surface area contributed by atoms with Crippen LogP contribution in [0, 0.1) is 10.1 Å². The van der Waals surface area contributed by atoms with Crippen LogP contribution in [0.15, 0.2) is 26.9 Å². The summed E-state index contributed by atoms with van der Waals surface area (Å²) < 4.78 is 1.21. The molecule has 2 amide bonds. The Morgan fingerprint density at radius 3 is 2.39 bits per heavy atom. The SMILES string of the molecule is CCSc1nnc(NC(=O)CSc2nnc(NC(=O)c3cc(Cl)ccc3[N+](=O)[O-])s2)s1. The second-order valence-corrected chi connectivity index (χ2v) is 10.5. The normalized spacial score (nSPS) is 10.6. The second kappa shape index (κ2) is 10.8. The molecule has 0 bridgehead atoms. The fourth-order valence-electron chi connectivity index (χ4n) is 2.06. The lowest BCUT2D eigenvalue weighted by Gasteiger charge is -2.03. The number of nitro benzene ring substituents is 1. The predicted molar refractivity (Wildman–Crippen MR) is 122 cm³/mol. The molecule has 2 heterocycles. The fourth-order valence-corrected chi connectivity index (χ4v) is 5.44. The van der Waals surface area contributed by atoms with Gasteiger partial charge in [-0.1, -0.05) is 64.7 Å². The second-order valence-electron chi connectivity index (χ2n) is 5.39. The van der Waals surface area contributed by atoms with Crippen LogP contribution < -0.4 is 10.6 Å². The summed E-state index contributed by atoms with van der Waals surface area (Å²) >= 11 is 10.8. The van der Waals surface area contributed by atoms with E-state index in [4.69, 9.17) is 11.6 Å². The molecule has 0 aliphatic rings. The Morgan fingerprint density at radius 2 is 1.74 bits per heavy atom. The molecule has 16 heteroatoms. The van der Waals surface area contributed by atoms with E-state index in [1.54, 1.807) is 0 Å². The first kappa shape index (κ1) is 23.3. The maximum absolute atomic E-state index is 12.4. The Hall–Kier alpha value is -2.33. The van der Waals surface area contributed by atoms with Crippen LogP contribution in [0.4, 0.5) is 16.0 Å². The molecule has 0 aliphatic carbocycles. The highest BCUT2D eigenvalue weighted by Crippen LogP contribution is 2.29. The Kier molecular flexibility index (Phi) is 8.14. The van der Waals surface area contributed by atoms with E-state index >= 15 is 0 Å². The average molecular weight is 518 g/mol. The van der Waals surface area contributed by atoms with Crippen LogP contribution >= 0.6 is 57.8 Å². The number of hydrogen-bond acceptors (Lipinski definition) is 12. The van der Waals surface area contributed by atoms with Crippen LogP contribution in [0.25, 0.3) is 0 Å². The molecule has 0 fully saturated rings. The summed E-state index contributed by atoms with van der Waals surface area (Å²) in [5, 5.41) is 32.5. The number of anilines is 2. The Balaban J connectivity index is 1.55. The van der Waals surface area contributed by atoms with E-state index in [0.29, 0.717) is 9.47 Å². The average Bonchev–Trinajstić information content (AvgIpc) is 3.35. The third kappa shape index (κ3) is 6.57. The van der Waals surface area contributed by atoms with Gasteiger partial charge in [-0.3, -0.25) is 30.3 Å². The van der Waals surface area contributed by atoms with Crippen molar-refractivity contribution in [2.45, 2.75) is 15.6 Å². The van der Waals surface area contributed by atoms with Gasteiger partial charge in [0.05, 0.1) is 10.7 Å². The van der Waals surface area contributed by atoms with Gasteiger partial charge < -0.3 is 0 Å². The molecule has 31 heavy (non-hydrogen) atoms. The van der Waals surface area contributed by atoms with Gasteiger partial charge in [0.1, 0.15) is 5.56 Å². The maximum atomic E-state index is 12.4. The number of carbonyl (C=O) groups is 2. The molecular weight excluding hydrogens is 506 g/mol. The maximum Gasteiger partial charge on any atom is 0.282 e. The van der Waals surface area contributed by atoms with Crippen LogP contribution in [0.2, 0.25) is 5.02 Å². The predicted octanol–water partition coefficient (Wildman–Crippen LogP) is 4.05. The molecule has 2 N–H and O–H groups in total. The zero-order chi connectivity index (χ0) is 22.4. The van der Waals surface area contributed by atoms with Gasteiger partial charge in [0, 0.05) is 11.1 Å². The first-order valence-electron chi connectivity index (χ1n) is 8.33. The number of aromatic nitrogens is 4. The van der Waals surface area contributed by atoms with Gasteiger partial charge in [-0.2, -0.15) is 0 Å². The van der Waals surface area contributed by atoms with E-state index in [0.717, 1.165) is 39.3 Å². The molecule has 3 rings (SSSR count). The van der Waals surface area contributed by atoms with Crippen LogP contribution in [0.3, 0.4) is 0 Å². The number of carbonyl (C=O) groups excluding carboxylic acids is 2. The van der Waals surface area contributed by atoms with Crippen LogP contribution in [0.1, 0.15) is 17.3 Å². The van der Waals surface area contributed by atoms with Crippen molar-refractivity contribution in [2.75, 3.05) is 22.1 Å². The number of nitro groups is 1. The molecule has 3 aromatic rings. The molecule has 0 saturated heterocycles. The van der Waals surface area contributed by atoms with Gasteiger partial charge in [-0.15, -0.1) is 20.4 Å². The van der Waals surface area contributed by atoms with Gasteiger partial charge in [0.2, 0.25) is 16.2 Å². The third-order valence-corrected chi connectivity index (χ3v) is 7.34. The van der Waals surface area contributed by atoms with E-state index < -0.39 is 10.8 Å². The lowest BCUT2D eigenvalue weighted by molar-refractivity contribution is -0.385. The number of thioether (sulfide) groups is 2. The molecule has 0 saturated carbocycles. The number of nitrogens with zero attached hydrogens (tertiary/aromatic N) is 5. The van der Waals surface area contributed by atoms with Crippen molar-refractivity contribution in [1.29, 1.82) is 0 Å². The monoisotopic (exact) mass is 517 g/mol. The van der Waals surface area contributed by atoms with E-state index in [1.165, 1.54) is 35.2 Å². The van der Waals surface area contributed by atoms with Gasteiger partial charge >= 0.3 is 0 Å². The highest BCUT2D eigenvalue weighted by atomic mass is 35.5. The largest absolute Gasteiger partial charge is 0.300 e. The van der Waals surface area contributed by atoms with Crippen LogP contribution in [-0.2, 0) is 4.79 Å². The molecule has 0 spiro atoms. The zero-order valence-electron chi connectivity index (χ0n) is 15.5. The zero-order valence-corrected chi connectivity index (χ0v) is 19.5. The number of rotatable bonds is 9. The summed E-state index contributed by atoms with van der Waals surface area (Å²) in [4.78, 5) is 34.9. The number of benzene rings is 1. The summed E-state index contributed by atoms with van der Waals surface area (Å²) in [6.07, 6.45) is 0. The van der Waals surface area contributed by atoms with Crippen LogP contribution in [0.5, 0.6) is 0 Å². The minimum atomic E-state index is -0.739. The van der Waals surface area contributed by atoms with Crippen molar-refractivity contribution in [3.8, 4) is 0 Å². The first-order valence-corrected chi connectivity index (χ1v) is 12.3. The summed E-state index contributed by atoms with van der Waals surface area (Å²) in [7, 11) is 0. The van der Waals surface area contributed by atoms with Gasteiger partial charge in [-0.05, 0) is 17.9 Å². The van der Waals surface area contributed by atoms with Crippen molar-refractivity contribution in [1.82, 2.24) is 20.4 Å². The van der Waals surface area contributed by atoms with Gasteiger partial charge in [0.25, 0.3) is 11.6 Å². The molecule has 0 atom stereocenters.